The van der Waals surface area contributed by atoms with E-state index in [1.807, 2.05) is 37.3 Å². The Morgan fingerprint density at radius 3 is 2.35 bits per heavy atom. The molecule has 5 rings (SSSR count). The van der Waals surface area contributed by atoms with Gasteiger partial charge >= 0.3 is 6.03 Å². The molecule has 1 aromatic heterocycles. The van der Waals surface area contributed by atoms with Gasteiger partial charge in [0.25, 0.3) is 0 Å². The maximum atomic E-state index is 13.9. The van der Waals surface area contributed by atoms with Gasteiger partial charge in [0.1, 0.15) is 29.6 Å². The van der Waals surface area contributed by atoms with E-state index in [9.17, 15) is 9.59 Å². The molecule has 0 aliphatic carbocycles. The second kappa shape index (κ2) is 14.2. The lowest BCUT2D eigenvalue weighted by molar-refractivity contribution is -0.133. The number of nitrogens with zero attached hydrogens (tertiary/aromatic N) is 3. The van der Waals surface area contributed by atoms with Crippen molar-refractivity contribution in [2.45, 2.75) is 20.0 Å². The Kier molecular flexibility index (Phi) is 9.90. The predicted octanol–water partition coefficient (Wildman–Crippen LogP) is 3.73. The first-order valence-electron chi connectivity index (χ1n) is 14.2. The summed E-state index contributed by atoms with van der Waals surface area (Å²) < 4.78 is 33.0. The highest BCUT2D eigenvalue weighted by molar-refractivity contribution is 5.92. The van der Waals surface area contributed by atoms with Crippen LogP contribution in [0.5, 0.6) is 23.0 Å². The van der Waals surface area contributed by atoms with Crippen LogP contribution in [0, 0.1) is 6.92 Å². The van der Waals surface area contributed by atoms with Crippen molar-refractivity contribution in [2.75, 3.05) is 72.3 Å². The molecule has 1 N–H and O–H groups in total. The largest absolute Gasteiger partial charge is 0.497 e. The monoisotopic (exact) mass is 594 g/mol. The SMILES string of the molecule is COc1cc(NC(=O)N(CCN2CCOCC2)CC(=O)N(Cc2ccc3c(c2)OCO3)Cc2ccc(C)o2)cc(OC)c1. The van der Waals surface area contributed by atoms with E-state index in [1.54, 1.807) is 37.3 Å². The van der Waals surface area contributed by atoms with Crippen LogP contribution in [0.25, 0.3) is 0 Å². The Morgan fingerprint density at radius 2 is 1.65 bits per heavy atom. The van der Waals surface area contributed by atoms with Crippen LogP contribution in [-0.4, -0.2) is 93.6 Å². The lowest BCUT2D eigenvalue weighted by atomic mass is 10.2. The van der Waals surface area contributed by atoms with Crippen LogP contribution >= 0.6 is 0 Å². The van der Waals surface area contributed by atoms with Crippen molar-refractivity contribution in [1.82, 2.24) is 14.7 Å². The molecule has 43 heavy (non-hydrogen) atoms. The number of carbonyl (C=O) groups is 2. The van der Waals surface area contributed by atoms with E-state index in [0.717, 1.165) is 24.4 Å². The van der Waals surface area contributed by atoms with Crippen LogP contribution in [0.4, 0.5) is 10.5 Å². The summed E-state index contributed by atoms with van der Waals surface area (Å²) in [6.45, 7) is 6.19. The number of methoxy groups -OCH3 is 2. The third-order valence-electron chi connectivity index (χ3n) is 7.31. The molecule has 3 amide bonds. The number of benzene rings is 2. The summed E-state index contributed by atoms with van der Waals surface area (Å²) in [7, 11) is 3.09. The molecular formula is C31H38N4O8. The number of hydrogen-bond donors (Lipinski definition) is 1. The van der Waals surface area contributed by atoms with Gasteiger partial charge in [0.15, 0.2) is 11.5 Å². The van der Waals surface area contributed by atoms with Gasteiger partial charge in [0.2, 0.25) is 12.7 Å². The second-order valence-corrected chi connectivity index (χ2v) is 10.4. The summed E-state index contributed by atoms with van der Waals surface area (Å²) in [6.07, 6.45) is 0. The van der Waals surface area contributed by atoms with E-state index in [1.165, 1.54) is 4.90 Å². The minimum Gasteiger partial charge on any atom is -0.497 e. The molecule has 0 unspecified atom stereocenters. The minimum absolute atomic E-state index is 0.137. The number of anilines is 1. The summed E-state index contributed by atoms with van der Waals surface area (Å²) in [6, 6.07) is 14.0. The molecular weight excluding hydrogens is 556 g/mol. The Bertz CT molecular complexity index is 1380. The average Bonchev–Trinajstić information content (AvgIpc) is 3.67. The highest BCUT2D eigenvalue weighted by atomic mass is 16.7. The smallest absolute Gasteiger partial charge is 0.322 e. The predicted molar refractivity (Wildman–Crippen MR) is 158 cm³/mol. The number of ether oxygens (including phenoxy) is 5. The Hall–Kier alpha value is -4.42. The Labute approximate surface area is 251 Å². The van der Waals surface area contributed by atoms with Gasteiger partial charge in [-0.3, -0.25) is 9.69 Å². The van der Waals surface area contributed by atoms with Crippen LogP contribution < -0.4 is 24.3 Å². The second-order valence-electron chi connectivity index (χ2n) is 10.4. The third kappa shape index (κ3) is 8.11. The lowest BCUT2D eigenvalue weighted by Crippen LogP contribution is -2.48. The van der Waals surface area contributed by atoms with E-state index in [2.05, 4.69) is 10.2 Å². The first-order chi connectivity index (χ1) is 20.9. The molecule has 2 aliphatic heterocycles. The molecule has 0 bridgehead atoms. The summed E-state index contributed by atoms with van der Waals surface area (Å²) >= 11 is 0. The van der Waals surface area contributed by atoms with E-state index in [4.69, 9.17) is 28.1 Å². The number of morpholine rings is 1. The van der Waals surface area contributed by atoms with Crippen LogP contribution in [0.3, 0.4) is 0 Å². The van der Waals surface area contributed by atoms with Crippen molar-refractivity contribution in [3.05, 3.63) is 65.6 Å². The number of urea groups is 1. The van der Waals surface area contributed by atoms with E-state index in [0.29, 0.717) is 67.3 Å². The van der Waals surface area contributed by atoms with E-state index >= 15 is 0 Å². The number of aryl methyl sites for hydroxylation is 1. The number of furan rings is 1. The fourth-order valence-corrected chi connectivity index (χ4v) is 4.93. The number of hydrogen-bond acceptors (Lipinski definition) is 9. The summed E-state index contributed by atoms with van der Waals surface area (Å²) in [5.74, 6) is 3.56. The van der Waals surface area contributed by atoms with Crippen molar-refractivity contribution in [2.24, 2.45) is 0 Å². The third-order valence-corrected chi connectivity index (χ3v) is 7.31. The zero-order valence-electron chi connectivity index (χ0n) is 24.8. The highest BCUT2D eigenvalue weighted by Gasteiger charge is 2.25. The molecule has 2 aromatic carbocycles. The normalized spacial score (nSPS) is 14.3. The van der Waals surface area contributed by atoms with Gasteiger partial charge in [-0.2, -0.15) is 0 Å². The van der Waals surface area contributed by atoms with Crippen molar-refractivity contribution in [1.29, 1.82) is 0 Å². The van der Waals surface area contributed by atoms with Gasteiger partial charge in [0.05, 0.1) is 34.0 Å². The van der Waals surface area contributed by atoms with Crippen LogP contribution in [0.1, 0.15) is 17.1 Å². The zero-order chi connectivity index (χ0) is 30.2. The molecule has 0 radical (unpaired) electrons. The Morgan fingerprint density at radius 1 is 0.907 bits per heavy atom. The van der Waals surface area contributed by atoms with Gasteiger partial charge in [-0.25, -0.2) is 4.79 Å². The molecule has 3 aromatic rings. The number of amides is 3. The van der Waals surface area contributed by atoms with Crippen LogP contribution in [-0.2, 0) is 22.6 Å². The molecule has 1 saturated heterocycles. The molecule has 0 spiro atoms. The van der Waals surface area contributed by atoms with Gasteiger partial charge in [-0.1, -0.05) is 6.07 Å². The van der Waals surface area contributed by atoms with Crippen LogP contribution in [0.15, 0.2) is 52.9 Å². The molecule has 1 fully saturated rings. The molecule has 12 heteroatoms. The minimum atomic E-state index is -0.409. The first-order valence-corrected chi connectivity index (χ1v) is 14.2. The zero-order valence-corrected chi connectivity index (χ0v) is 24.8. The van der Waals surface area contributed by atoms with Crippen molar-refractivity contribution in [3.63, 3.8) is 0 Å². The average molecular weight is 595 g/mol. The molecule has 0 saturated carbocycles. The quantitative estimate of drug-likeness (QED) is 0.335. The molecule has 0 atom stereocenters. The topological polar surface area (TPSA) is 115 Å². The van der Waals surface area contributed by atoms with Crippen LogP contribution in [0.2, 0.25) is 0 Å². The molecule has 230 valence electrons. The van der Waals surface area contributed by atoms with Gasteiger partial charge < -0.3 is 43.2 Å². The van der Waals surface area contributed by atoms with Gasteiger partial charge in [-0.15, -0.1) is 0 Å². The molecule has 2 aliphatic rings. The van der Waals surface area contributed by atoms with Crippen molar-refractivity contribution in [3.8, 4) is 23.0 Å². The number of rotatable bonds is 12. The number of nitrogens with one attached hydrogen (secondary N) is 1. The lowest BCUT2D eigenvalue weighted by Gasteiger charge is -2.31. The maximum absolute atomic E-state index is 13.9. The standard InChI is InChI=1S/C31H38N4O8/c1-22-4-6-25(43-22)19-35(18-23-5-7-28-29(14-23)42-21-41-28)30(36)20-34(9-8-33-10-12-40-13-11-33)31(37)32-24-15-26(38-2)17-27(16-24)39-3/h4-7,14-17H,8-13,18-21H2,1-3H3,(H,32,37). The van der Waals surface area contributed by atoms with Crippen molar-refractivity contribution < 1.29 is 37.7 Å². The first kappa shape index (κ1) is 30.1. The van der Waals surface area contributed by atoms with E-state index in [-0.39, 0.29) is 25.8 Å². The van der Waals surface area contributed by atoms with Gasteiger partial charge in [0, 0.05) is 56.6 Å². The summed E-state index contributed by atoms with van der Waals surface area (Å²) in [5, 5.41) is 2.92. The summed E-state index contributed by atoms with van der Waals surface area (Å²) in [4.78, 5) is 33.0. The van der Waals surface area contributed by atoms with E-state index < -0.39 is 6.03 Å². The fraction of sp³-hybridized carbons (Fsp3) is 0.419. The highest BCUT2D eigenvalue weighted by Crippen LogP contribution is 2.33. The number of carbonyl (C=O) groups excluding carboxylic acids is 2. The molecule has 12 nitrogen and oxygen atoms in total. The summed E-state index contributed by atoms with van der Waals surface area (Å²) in [5.41, 5.74) is 1.36. The molecule has 3 heterocycles. The maximum Gasteiger partial charge on any atom is 0.322 e. The van der Waals surface area contributed by atoms with Crippen molar-refractivity contribution >= 4 is 17.6 Å². The Balaban J connectivity index is 1.35. The number of fused-ring (bicyclic) bond motifs is 1. The fourth-order valence-electron chi connectivity index (χ4n) is 4.93. The van der Waals surface area contributed by atoms with Gasteiger partial charge in [-0.05, 0) is 36.8 Å².